The number of carbonyl (C=O) groups is 4. The molecule has 3 saturated heterocycles. The molecule has 0 bridgehead atoms. The van der Waals surface area contributed by atoms with Crippen molar-refractivity contribution in [1.82, 2.24) is 44.6 Å². The van der Waals surface area contributed by atoms with Gasteiger partial charge in [0.1, 0.15) is 66.0 Å². The number of nitrogens with two attached hydrogens (primary N) is 2. The number of esters is 1. The summed E-state index contributed by atoms with van der Waals surface area (Å²) in [6.07, 6.45) is -9.67. The minimum atomic E-state index is -5.29. The van der Waals surface area contributed by atoms with Gasteiger partial charge in [0.2, 0.25) is 5.91 Å². The van der Waals surface area contributed by atoms with E-state index in [0.717, 1.165) is 15.8 Å². The zero-order valence-electron chi connectivity index (χ0n) is 36.4. The number of carbonyl (C=O) groups excluding carboxylic acids is 3. The Hall–Kier alpha value is -5.04. The van der Waals surface area contributed by atoms with Gasteiger partial charge in [-0.25, -0.2) is 43.3 Å². The number of hydrogen-bond donors (Lipinski definition) is 9. The molecule has 0 radical (unpaired) electrons. The number of amides is 3. The van der Waals surface area contributed by atoms with Crippen LogP contribution in [0.4, 0.5) is 21.2 Å². The molecule has 10 atom stereocenters. The highest BCUT2D eigenvalue weighted by Crippen LogP contribution is 2.50. The molecular formula is C35H51N11O19P2S. The van der Waals surface area contributed by atoms with Gasteiger partial charge in [0, 0.05) is 24.9 Å². The minimum absolute atomic E-state index is 0.0296. The number of nitrogen functional groups attached to an aromatic ring is 2. The third-order valence-electron chi connectivity index (χ3n) is 10.3. The lowest BCUT2D eigenvalue weighted by Gasteiger charge is -2.26. The molecule has 6 rings (SSSR count). The van der Waals surface area contributed by atoms with Crippen molar-refractivity contribution >= 4 is 74.3 Å². The Balaban J connectivity index is 1.19. The van der Waals surface area contributed by atoms with Crippen LogP contribution in [-0.4, -0.2) is 163 Å². The van der Waals surface area contributed by atoms with Crippen molar-refractivity contribution in [3.63, 3.8) is 0 Å². The second kappa shape index (κ2) is 21.7. The first-order chi connectivity index (χ1) is 31.9. The number of fused-ring (bicyclic) bond motifs is 1. The monoisotopic (exact) mass is 1020 g/mol. The van der Waals surface area contributed by atoms with E-state index in [9.17, 15) is 58.0 Å². The first-order valence-corrected chi connectivity index (χ1v) is 24.7. The normalized spacial score (nSPS) is 25.5. The summed E-state index contributed by atoms with van der Waals surface area (Å²) >= 11 is 1.29. The smallest absolute Gasteiger partial charge is 0.465 e. The number of unbranched alkanes of at least 4 members (excludes halogenated alkanes) is 1. The van der Waals surface area contributed by atoms with Crippen molar-refractivity contribution in [2.24, 2.45) is 0 Å². The maximum Gasteiger partial charge on any atom is 0.472 e. The maximum atomic E-state index is 14.0. The van der Waals surface area contributed by atoms with Crippen molar-refractivity contribution in [3.05, 3.63) is 35.4 Å². The number of carboxylic acid groups (broad SMARTS) is 1. The average Bonchev–Trinajstić information content (AvgIpc) is 4.04. The van der Waals surface area contributed by atoms with Crippen LogP contribution in [0.2, 0.25) is 0 Å². The molecule has 0 aliphatic carbocycles. The van der Waals surface area contributed by atoms with E-state index in [4.69, 9.17) is 39.5 Å². The quantitative estimate of drug-likeness (QED) is 0.0417. The molecule has 11 N–H and O–H groups in total. The standard InChI is InChI=1S/C35H51N11O19P2S/c1-35(2,3)64-33(51)42-17(6-4-5-8-38-29(48)18-13-68-16-46(18)34(52)53)31(49)63-26-21(62-30(25(26)47)45-15-41-24-27(37)39-14-40-28(24)45)12-60-67(57,58)65-19-10-23(44-9-7-22(36)43-32(44)50)61-20(19)11-59-66(54,55)56/h7,9,14-15,17-21,23,25-26,30,47H,4-6,8,10-13,16H2,1-3H3,(H,38,48)(H,42,51)(H,52,53)(H,57,58)(H2,36,43,50)(H2,37,39,40)(H2,54,55,56)/t17-,18?,19?,20?,21+,23?,25+,26+,30+/m0/s1. The van der Waals surface area contributed by atoms with Gasteiger partial charge < -0.3 is 65.9 Å². The summed E-state index contributed by atoms with van der Waals surface area (Å²) in [7, 11) is -10.4. The number of nitrogens with one attached hydrogen (secondary N) is 2. The fourth-order valence-corrected chi connectivity index (χ4v) is 9.62. The Morgan fingerprint density at radius 3 is 2.46 bits per heavy atom. The van der Waals surface area contributed by atoms with E-state index in [0.29, 0.717) is 0 Å². The molecule has 3 aliphatic rings. The van der Waals surface area contributed by atoms with Gasteiger partial charge in [-0.1, -0.05) is 0 Å². The third-order valence-corrected chi connectivity index (χ3v) is 12.8. The van der Waals surface area contributed by atoms with E-state index < -0.39 is 119 Å². The average molecular weight is 1020 g/mol. The Labute approximate surface area is 389 Å². The predicted molar refractivity (Wildman–Crippen MR) is 231 cm³/mol. The van der Waals surface area contributed by atoms with Crippen LogP contribution in [0.1, 0.15) is 58.9 Å². The molecule has 33 heteroatoms. The molecule has 6 heterocycles. The number of phosphoric ester groups is 2. The van der Waals surface area contributed by atoms with Gasteiger partial charge in [0.25, 0.3) is 0 Å². The van der Waals surface area contributed by atoms with E-state index in [1.165, 1.54) is 34.9 Å². The molecule has 3 aromatic heterocycles. The Kier molecular flexibility index (Phi) is 16.7. The summed E-state index contributed by atoms with van der Waals surface area (Å²) in [4.78, 5) is 110. The zero-order chi connectivity index (χ0) is 49.7. The highest BCUT2D eigenvalue weighted by Gasteiger charge is 2.50. The Morgan fingerprint density at radius 2 is 1.76 bits per heavy atom. The van der Waals surface area contributed by atoms with Crippen LogP contribution in [0.15, 0.2) is 29.7 Å². The zero-order valence-corrected chi connectivity index (χ0v) is 39.0. The number of aliphatic hydroxyl groups excluding tert-OH is 1. The molecule has 3 aromatic rings. The summed E-state index contributed by atoms with van der Waals surface area (Å²) in [6.45, 7) is 3.00. The third kappa shape index (κ3) is 13.6. The highest BCUT2D eigenvalue weighted by atomic mass is 32.2. The minimum Gasteiger partial charge on any atom is -0.465 e. The van der Waals surface area contributed by atoms with E-state index in [1.807, 2.05) is 0 Å². The number of phosphoric acid groups is 2. The van der Waals surface area contributed by atoms with Crippen LogP contribution >= 0.6 is 27.4 Å². The van der Waals surface area contributed by atoms with Gasteiger partial charge in [0.15, 0.2) is 23.8 Å². The van der Waals surface area contributed by atoms with Crippen LogP contribution in [0, 0.1) is 0 Å². The maximum absolute atomic E-state index is 14.0. The lowest BCUT2D eigenvalue weighted by atomic mass is 10.1. The predicted octanol–water partition coefficient (Wildman–Crippen LogP) is -0.451. The molecular weight excluding hydrogens is 972 g/mol. The molecule has 0 saturated carbocycles. The van der Waals surface area contributed by atoms with E-state index in [1.54, 1.807) is 20.8 Å². The van der Waals surface area contributed by atoms with E-state index in [2.05, 4.69) is 35.1 Å². The molecule has 0 aromatic carbocycles. The topological polar surface area (TPSA) is 426 Å². The lowest BCUT2D eigenvalue weighted by Crippen LogP contribution is -2.48. The number of aliphatic hydroxyl groups is 1. The fraction of sp³-hybridized carbons (Fsp3) is 0.629. The van der Waals surface area contributed by atoms with Gasteiger partial charge >= 0.3 is 39.5 Å². The SMILES string of the molecule is CC(C)(C)OC(=O)N[C@@H](CCCCNC(=O)C1CSCN1C(=O)O)C(=O)O[C@H]1[C@@H](O)[C@H](n2cnc3c(N)ncnc32)O[C@@H]1COP(=O)(O)OC1CC(n2ccc(N)nc2=O)OC1COP(=O)(O)O. The first-order valence-electron chi connectivity index (χ1n) is 20.6. The van der Waals surface area contributed by atoms with Crippen molar-refractivity contribution in [2.75, 3.05) is 42.9 Å². The van der Waals surface area contributed by atoms with Crippen LogP contribution in [0.3, 0.4) is 0 Å². The van der Waals surface area contributed by atoms with Crippen LogP contribution in [0.25, 0.3) is 11.2 Å². The molecule has 68 heavy (non-hydrogen) atoms. The number of imidazole rings is 1. The summed E-state index contributed by atoms with van der Waals surface area (Å²) in [5.74, 6) is -1.37. The molecule has 3 fully saturated rings. The van der Waals surface area contributed by atoms with Gasteiger partial charge in [-0.05, 0) is 46.1 Å². The van der Waals surface area contributed by atoms with Crippen molar-refractivity contribution in [1.29, 1.82) is 0 Å². The van der Waals surface area contributed by atoms with Crippen LogP contribution < -0.4 is 27.8 Å². The second-order valence-electron chi connectivity index (χ2n) is 16.4. The Bertz CT molecular complexity index is 2470. The first kappa shape index (κ1) is 52.3. The number of hydrogen-bond acceptors (Lipinski definition) is 22. The molecule has 0 spiro atoms. The lowest BCUT2D eigenvalue weighted by molar-refractivity contribution is -0.159. The largest absolute Gasteiger partial charge is 0.472 e. The van der Waals surface area contributed by atoms with Crippen LogP contribution in [0.5, 0.6) is 0 Å². The second-order valence-corrected chi connectivity index (χ2v) is 20.0. The molecule has 5 unspecified atom stereocenters. The number of anilines is 2. The fourth-order valence-electron chi connectivity index (χ4n) is 7.17. The summed E-state index contributed by atoms with van der Waals surface area (Å²) in [6, 6.07) is -1.08. The number of aromatic nitrogens is 6. The number of ether oxygens (including phenoxy) is 4. The highest BCUT2D eigenvalue weighted by molar-refractivity contribution is 7.99. The molecule has 376 valence electrons. The number of nitrogens with zero attached hydrogens (tertiary/aromatic N) is 7. The van der Waals surface area contributed by atoms with Crippen molar-refractivity contribution in [2.45, 2.75) is 107 Å². The van der Waals surface area contributed by atoms with Gasteiger partial charge in [-0.3, -0.25) is 32.4 Å². The van der Waals surface area contributed by atoms with Crippen molar-refractivity contribution in [3.8, 4) is 0 Å². The number of rotatable bonds is 19. The molecule has 3 aliphatic heterocycles. The number of alkyl carbamates (subject to hydrolysis) is 1. The van der Waals surface area contributed by atoms with Crippen LogP contribution in [-0.2, 0) is 51.2 Å². The van der Waals surface area contributed by atoms with E-state index >= 15 is 0 Å². The molecule has 3 amide bonds. The van der Waals surface area contributed by atoms with Gasteiger partial charge in [-0.15, -0.1) is 11.8 Å². The summed E-state index contributed by atoms with van der Waals surface area (Å²) < 4.78 is 65.5. The summed E-state index contributed by atoms with van der Waals surface area (Å²) in [5, 5.41) is 26.3. The summed E-state index contributed by atoms with van der Waals surface area (Å²) in [5.41, 5.74) is 9.82. The van der Waals surface area contributed by atoms with Gasteiger partial charge in [-0.2, -0.15) is 4.98 Å². The molecule has 30 nitrogen and oxygen atoms in total. The van der Waals surface area contributed by atoms with E-state index in [-0.39, 0.29) is 66.7 Å². The van der Waals surface area contributed by atoms with Gasteiger partial charge in [0.05, 0.1) is 25.4 Å². The number of thioether (sulfide) groups is 1. The van der Waals surface area contributed by atoms with Crippen molar-refractivity contribution < 1.29 is 85.7 Å². The Morgan fingerprint density at radius 1 is 1.03 bits per heavy atom.